The number of aryl methyl sites for hydroxylation is 1. The van der Waals surface area contributed by atoms with E-state index in [2.05, 4.69) is 38.4 Å². The molecule has 0 spiro atoms. The Bertz CT molecular complexity index is 917. The number of phenolic OH excluding ortho intramolecular Hbond substituents is 2. The summed E-state index contributed by atoms with van der Waals surface area (Å²) < 4.78 is 1.04. The molecule has 0 aromatic heterocycles. The zero-order valence-corrected chi connectivity index (χ0v) is 16.8. The summed E-state index contributed by atoms with van der Waals surface area (Å²) >= 11 is 7.37. The van der Waals surface area contributed by atoms with Gasteiger partial charge >= 0.3 is 5.69 Å². The van der Waals surface area contributed by atoms with Crippen LogP contribution in [0.1, 0.15) is 18.1 Å². The quantitative estimate of drug-likeness (QED) is 0.171. The van der Waals surface area contributed by atoms with Gasteiger partial charge in [0.25, 0.3) is 0 Å². The fourth-order valence-corrected chi connectivity index (χ4v) is 2.72. The molecule has 4 N–H and O–H groups in total. The van der Waals surface area contributed by atoms with Gasteiger partial charge in [0.2, 0.25) is 0 Å². The molecule has 0 aliphatic heterocycles. The van der Waals surface area contributed by atoms with Gasteiger partial charge in [0.1, 0.15) is 5.75 Å². The van der Waals surface area contributed by atoms with Crippen LogP contribution in [-0.4, -0.2) is 26.0 Å². The SMILES string of the molecule is C/C(=N\NC(=S)Nc1cc(I)ccc1C)c1cc([N+](=O)[O-])c(O)cc1O. The van der Waals surface area contributed by atoms with Crippen LogP contribution in [-0.2, 0) is 0 Å². The second-order valence-electron chi connectivity index (χ2n) is 5.34. The third kappa shape index (κ3) is 4.79. The number of benzene rings is 2. The molecule has 0 atom stereocenters. The van der Waals surface area contributed by atoms with Crippen LogP contribution >= 0.6 is 34.8 Å². The van der Waals surface area contributed by atoms with E-state index in [1.165, 1.54) is 0 Å². The Hall–Kier alpha value is -2.47. The minimum absolute atomic E-state index is 0.107. The average Bonchev–Trinajstić information content (AvgIpc) is 2.55. The van der Waals surface area contributed by atoms with Crippen molar-refractivity contribution in [3.05, 3.63) is 55.1 Å². The molecule has 0 saturated carbocycles. The minimum atomic E-state index is -0.745. The number of phenols is 2. The van der Waals surface area contributed by atoms with Crippen molar-refractivity contribution >= 4 is 57.0 Å². The number of halogens is 1. The number of hydrogen-bond acceptors (Lipinski definition) is 6. The van der Waals surface area contributed by atoms with Crippen molar-refractivity contribution in [3.8, 4) is 11.5 Å². The Morgan fingerprint density at radius 1 is 1.27 bits per heavy atom. The molecular formula is C16H15IN4O4S. The lowest BCUT2D eigenvalue weighted by Crippen LogP contribution is -2.25. The van der Waals surface area contributed by atoms with E-state index in [0.29, 0.717) is 0 Å². The van der Waals surface area contributed by atoms with E-state index in [1.807, 2.05) is 25.1 Å². The Morgan fingerprint density at radius 2 is 1.96 bits per heavy atom. The van der Waals surface area contributed by atoms with Crippen molar-refractivity contribution in [2.75, 3.05) is 5.32 Å². The highest BCUT2D eigenvalue weighted by Gasteiger charge is 2.19. The highest BCUT2D eigenvalue weighted by atomic mass is 127. The summed E-state index contributed by atoms with van der Waals surface area (Å²) in [6.07, 6.45) is 0. The van der Waals surface area contributed by atoms with E-state index in [1.54, 1.807) is 6.92 Å². The Balaban J connectivity index is 2.17. The summed E-state index contributed by atoms with van der Waals surface area (Å²) in [6, 6.07) is 7.80. The molecule has 2 rings (SSSR count). The molecule has 10 heteroatoms. The molecule has 0 fully saturated rings. The first-order valence-electron chi connectivity index (χ1n) is 7.27. The summed E-state index contributed by atoms with van der Waals surface area (Å²) in [6.45, 7) is 3.48. The molecular weight excluding hydrogens is 471 g/mol. The van der Waals surface area contributed by atoms with Gasteiger partial charge in [-0.1, -0.05) is 6.07 Å². The van der Waals surface area contributed by atoms with Crippen LogP contribution in [0, 0.1) is 20.6 Å². The molecule has 0 aliphatic carbocycles. The van der Waals surface area contributed by atoms with E-state index < -0.39 is 16.4 Å². The van der Waals surface area contributed by atoms with Gasteiger partial charge in [0.15, 0.2) is 10.9 Å². The van der Waals surface area contributed by atoms with Gasteiger partial charge in [-0.3, -0.25) is 15.5 Å². The lowest BCUT2D eigenvalue weighted by molar-refractivity contribution is -0.385. The highest BCUT2D eigenvalue weighted by Crippen LogP contribution is 2.33. The molecule has 0 unspecified atom stereocenters. The Kier molecular flexibility index (Phi) is 6.32. The van der Waals surface area contributed by atoms with Gasteiger partial charge in [0.05, 0.1) is 10.6 Å². The molecule has 8 nitrogen and oxygen atoms in total. The summed E-state index contributed by atoms with van der Waals surface area (Å²) in [4.78, 5) is 10.2. The van der Waals surface area contributed by atoms with Crippen molar-refractivity contribution in [1.29, 1.82) is 0 Å². The highest BCUT2D eigenvalue weighted by molar-refractivity contribution is 14.1. The van der Waals surface area contributed by atoms with E-state index in [9.17, 15) is 20.3 Å². The number of rotatable bonds is 4. The van der Waals surface area contributed by atoms with Crippen molar-refractivity contribution in [1.82, 2.24) is 5.43 Å². The Labute approximate surface area is 168 Å². The number of nitro benzene ring substituents is 1. The third-order valence-electron chi connectivity index (χ3n) is 3.45. The van der Waals surface area contributed by atoms with Crippen LogP contribution in [0.3, 0.4) is 0 Å². The second kappa shape index (κ2) is 8.27. The number of nitrogens with zero attached hydrogens (tertiary/aromatic N) is 2. The lowest BCUT2D eigenvalue weighted by Gasteiger charge is -2.11. The summed E-state index contributed by atoms with van der Waals surface area (Å²) in [5.41, 5.74) is 4.30. The van der Waals surface area contributed by atoms with Crippen LogP contribution in [0.15, 0.2) is 35.4 Å². The fraction of sp³-hybridized carbons (Fsp3) is 0.125. The number of hydrazone groups is 1. The van der Waals surface area contributed by atoms with Gasteiger partial charge in [-0.15, -0.1) is 0 Å². The number of hydrogen-bond donors (Lipinski definition) is 4. The van der Waals surface area contributed by atoms with Crippen molar-refractivity contribution in [2.45, 2.75) is 13.8 Å². The van der Waals surface area contributed by atoms with E-state index >= 15 is 0 Å². The fourth-order valence-electron chi connectivity index (χ4n) is 2.08. The molecule has 0 amide bonds. The van der Waals surface area contributed by atoms with Gasteiger partial charge in [-0.25, -0.2) is 0 Å². The normalized spacial score (nSPS) is 11.1. The molecule has 26 heavy (non-hydrogen) atoms. The molecule has 2 aromatic rings. The topological polar surface area (TPSA) is 120 Å². The van der Waals surface area contributed by atoms with Crippen LogP contribution in [0.4, 0.5) is 11.4 Å². The number of nitrogens with one attached hydrogen (secondary N) is 2. The molecule has 0 radical (unpaired) electrons. The maximum atomic E-state index is 10.9. The maximum absolute atomic E-state index is 10.9. The summed E-state index contributed by atoms with van der Waals surface area (Å²) in [5, 5.41) is 37.6. The Morgan fingerprint density at radius 3 is 2.62 bits per heavy atom. The van der Waals surface area contributed by atoms with Crippen molar-refractivity contribution < 1.29 is 15.1 Å². The van der Waals surface area contributed by atoms with Gasteiger partial charge in [-0.2, -0.15) is 5.10 Å². The molecule has 136 valence electrons. The van der Waals surface area contributed by atoms with Crippen LogP contribution in [0.5, 0.6) is 11.5 Å². The summed E-state index contributed by atoms with van der Waals surface area (Å²) in [7, 11) is 0. The minimum Gasteiger partial charge on any atom is -0.507 e. The van der Waals surface area contributed by atoms with Gasteiger partial charge < -0.3 is 15.5 Å². The van der Waals surface area contributed by atoms with E-state index in [-0.39, 0.29) is 22.1 Å². The van der Waals surface area contributed by atoms with E-state index in [4.69, 9.17) is 12.2 Å². The first-order valence-corrected chi connectivity index (χ1v) is 8.76. The average molecular weight is 486 g/mol. The van der Waals surface area contributed by atoms with E-state index in [0.717, 1.165) is 27.0 Å². The molecule has 0 heterocycles. The smallest absolute Gasteiger partial charge is 0.311 e. The predicted molar refractivity (Wildman–Crippen MR) is 112 cm³/mol. The molecule has 0 bridgehead atoms. The zero-order chi connectivity index (χ0) is 19.4. The first-order chi connectivity index (χ1) is 12.2. The molecule has 0 saturated heterocycles. The third-order valence-corrected chi connectivity index (χ3v) is 4.32. The first kappa shape index (κ1) is 19.8. The largest absolute Gasteiger partial charge is 0.507 e. The molecule has 0 aliphatic rings. The predicted octanol–water partition coefficient (Wildman–Crippen LogP) is 3.63. The van der Waals surface area contributed by atoms with Crippen LogP contribution < -0.4 is 10.7 Å². The zero-order valence-electron chi connectivity index (χ0n) is 13.8. The van der Waals surface area contributed by atoms with Crippen LogP contribution in [0.25, 0.3) is 0 Å². The van der Waals surface area contributed by atoms with Crippen molar-refractivity contribution in [3.63, 3.8) is 0 Å². The molecule has 2 aromatic carbocycles. The van der Waals surface area contributed by atoms with Gasteiger partial charge in [0, 0.05) is 27.0 Å². The number of thiocarbonyl (C=S) groups is 1. The lowest BCUT2D eigenvalue weighted by atomic mass is 10.1. The monoisotopic (exact) mass is 486 g/mol. The number of nitro groups is 1. The standard InChI is InChI=1S/C16H15IN4O4S/c1-8-3-4-10(17)5-12(8)18-16(26)20-19-9(2)11-6-13(21(24)25)15(23)7-14(11)22/h3-7,22-23H,1-2H3,(H2,18,20,26)/b19-9+. The summed E-state index contributed by atoms with van der Waals surface area (Å²) in [5.74, 6) is -0.952. The number of anilines is 1. The van der Waals surface area contributed by atoms with Crippen LogP contribution in [0.2, 0.25) is 0 Å². The van der Waals surface area contributed by atoms with Crippen molar-refractivity contribution in [2.24, 2.45) is 5.10 Å². The van der Waals surface area contributed by atoms with Gasteiger partial charge in [-0.05, 0) is 66.4 Å². The maximum Gasteiger partial charge on any atom is 0.311 e. The second-order valence-corrected chi connectivity index (χ2v) is 6.99. The number of aromatic hydroxyl groups is 2.